The zero-order valence-electron chi connectivity index (χ0n) is 12.9. The van der Waals surface area contributed by atoms with E-state index < -0.39 is 5.97 Å². The van der Waals surface area contributed by atoms with Crippen LogP contribution < -0.4 is 9.47 Å². The van der Waals surface area contributed by atoms with Gasteiger partial charge in [0.2, 0.25) is 0 Å². The third kappa shape index (κ3) is 2.73. The highest BCUT2D eigenvalue weighted by atomic mass is 16.5. The van der Waals surface area contributed by atoms with E-state index in [-0.39, 0.29) is 6.42 Å². The number of hydrogen-bond acceptors (Lipinski definition) is 3. The second kappa shape index (κ2) is 6.04. The molecule has 118 valence electrons. The van der Waals surface area contributed by atoms with Gasteiger partial charge in [-0.25, -0.2) is 0 Å². The van der Waals surface area contributed by atoms with E-state index in [1.54, 1.807) is 20.3 Å². The molecular weight excluding hydrogens is 294 g/mol. The van der Waals surface area contributed by atoms with E-state index in [0.717, 1.165) is 27.7 Å². The second-order valence-corrected chi connectivity index (χ2v) is 5.16. The topological polar surface area (TPSA) is 71.6 Å². The summed E-state index contributed by atoms with van der Waals surface area (Å²) in [6, 6.07) is 13.1. The first-order chi connectivity index (χ1) is 11.1. The van der Waals surface area contributed by atoms with Crippen molar-refractivity contribution in [3.63, 3.8) is 0 Å². The molecule has 0 aliphatic carbocycles. The number of aromatic amines is 1. The molecule has 3 rings (SSSR count). The maximum atomic E-state index is 11.3. The minimum absolute atomic E-state index is 0.0610. The van der Waals surface area contributed by atoms with Crippen LogP contribution in [0.3, 0.4) is 0 Å². The number of aromatic nitrogens is 1. The normalized spacial score (nSPS) is 10.7. The molecule has 1 heterocycles. The van der Waals surface area contributed by atoms with E-state index in [4.69, 9.17) is 9.47 Å². The number of H-pyrrole nitrogens is 1. The molecule has 0 aliphatic rings. The molecule has 0 atom stereocenters. The van der Waals surface area contributed by atoms with Crippen LogP contribution in [0.4, 0.5) is 0 Å². The van der Waals surface area contributed by atoms with Crippen molar-refractivity contribution in [1.29, 1.82) is 0 Å². The van der Waals surface area contributed by atoms with E-state index in [2.05, 4.69) is 4.98 Å². The lowest BCUT2D eigenvalue weighted by atomic mass is 10.0. The van der Waals surface area contributed by atoms with Crippen molar-refractivity contribution >= 4 is 16.9 Å². The van der Waals surface area contributed by atoms with Crippen molar-refractivity contribution in [1.82, 2.24) is 4.98 Å². The highest BCUT2D eigenvalue weighted by molar-refractivity contribution is 5.94. The fourth-order valence-corrected chi connectivity index (χ4v) is 2.77. The molecule has 0 spiro atoms. The van der Waals surface area contributed by atoms with E-state index in [9.17, 15) is 9.90 Å². The van der Waals surface area contributed by atoms with Crippen molar-refractivity contribution in [2.75, 3.05) is 14.2 Å². The van der Waals surface area contributed by atoms with Crippen LogP contribution in [0.1, 0.15) is 5.56 Å². The number of rotatable bonds is 5. The molecule has 0 aliphatic heterocycles. The molecule has 1 aromatic heterocycles. The lowest BCUT2D eigenvalue weighted by Gasteiger charge is -2.11. The number of methoxy groups -OCH3 is 2. The van der Waals surface area contributed by atoms with Gasteiger partial charge in [-0.05, 0) is 23.8 Å². The largest absolute Gasteiger partial charge is 0.497 e. The van der Waals surface area contributed by atoms with Crippen LogP contribution in [-0.4, -0.2) is 30.3 Å². The molecule has 0 bridgehead atoms. The van der Waals surface area contributed by atoms with Crippen molar-refractivity contribution in [2.24, 2.45) is 0 Å². The zero-order valence-corrected chi connectivity index (χ0v) is 12.9. The lowest BCUT2D eigenvalue weighted by Crippen LogP contribution is -2.01. The Hall–Kier alpha value is -2.95. The average molecular weight is 311 g/mol. The van der Waals surface area contributed by atoms with E-state index >= 15 is 0 Å². The maximum Gasteiger partial charge on any atom is 0.307 e. The van der Waals surface area contributed by atoms with E-state index in [1.165, 1.54) is 0 Å². The van der Waals surface area contributed by atoms with Crippen molar-refractivity contribution in [2.45, 2.75) is 6.42 Å². The smallest absolute Gasteiger partial charge is 0.307 e. The van der Waals surface area contributed by atoms with E-state index in [0.29, 0.717) is 11.5 Å². The molecule has 23 heavy (non-hydrogen) atoms. The Morgan fingerprint density at radius 1 is 1.13 bits per heavy atom. The standard InChI is InChI=1S/C18H17NO4/c1-22-11-7-8-13(16(9-11)23-2)18-14(10-17(20)21)12-5-3-4-6-15(12)19-18/h3-9,19H,10H2,1-2H3,(H,20,21). The summed E-state index contributed by atoms with van der Waals surface area (Å²) in [6.45, 7) is 0. The molecule has 0 saturated heterocycles. The Bertz CT molecular complexity index is 867. The molecule has 5 nitrogen and oxygen atoms in total. The quantitative estimate of drug-likeness (QED) is 0.756. The number of carboxylic acids is 1. The van der Waals surface area contributed by atoms with Gasteiger partial charge in [-0.1, -0.05) is 18.2 Å². The maximum absolute atomic E-state index is 11.3. The monoisotopic (exact) mass is 311 g/mol. The Morgan fingerprint density at radius 3 is 2.61 bits per heavy atom. The van der Waals surface area contributed by atoms with Gasteiger partial charge in [-0.3, -0.25) is 4.79 Å². The highest BCUT2D eigenvalue weighted by Crippen LogP contribution is 2.37. The van der Waals surface area contributed by atoms with Gasteiger partial charge in [0.15, 0.2) is 0 Å². The third-order valence-electron chi connectivity index (χ3n) is 3.82. The predicted octanol–water partition coefficient (Wildman–Crippen LogP) is 3.48. The van der Waals surface area contributed by atoms with Crippen LogP contribution >= 0.6 is 0 Å². The number of carbonyl (C=O) groups is 1. The number of benzene rings is 2. The minimum atomic E-state index is -0.872. The molecule has 0 radical (unpaired) electrons. The van der Waals surface area contributed by atoms with Gasteiger partial charge in [0.05, 0.1) is 26.3 Å². The summed E-state index contributed by atoms with van der Waals surface area (Å²) in [4.78, 5) is 14.6. The number of carboxylic acid groups (broad SMARTS) is 1. The summed E-state index contributed by atoms with van der Waals surface area (Å²) in [5, 5.41) is 10.2. The fourth-order valence-electron chi connectivity index (χ4n) is 2.77. The molecule has 2 aromatic carbocycles. The zero-order chi connectivity index (χ0) is 16.4. The number of ether oxygens (including phenoxy) is 2. The SMILES string of the molecule is COc1ccc(-c2[nH]c3ccccc3c2CC(=O)O)c(OC)c1. The van der Waals surface area contributed by atoms with Crippen LogP contribution in [0.5, 0.6) is 11.5 Å². The fraction of sp³-hybridized carbons (Fsp3) is 0.167. The van der Waals surface area contributed by atoms with Gasteiger partial charge in [-0.15, -0.1) is 0 Å². The molecule has 2 N–H and O–H groups in total. The van der Waals surface area contributed by atoms with Gasteiger partial charge in [0.1, 0.15) is 11.5 Å². The number of aliphatic carboxylic acids is 1. The van der Waals surface area contributed by atoms with Crippen LogP contribution in [0.25, 0.3) is 22.2 Å². The number of para-hydroxylation sites is 1. The first-order valence-corrected chi connectivity index (χ1v) is 7.17. The third-order valence-corrected chi connectivity index (χ3v) is 3.82. The van der Waals surface area contributed by atoms with Crippen molar-refractivity contribution < 1.29 is 19.4 Å². The lowest BCUT2D eigenvalue weighted by molar-refractivity contribution is -0.136. The Morgan fingerprint density at radius 2 is 1.91 bits per heavy atom. The first kappa shape index (κ1) is 15.0. The number of nitrogens with one attached hydrogen (secondary N) is 1. The van der Waals surface area contributed by atoms with Crippen molar-refractivity contribution in [3.05, 3.63) is 48.0 Å². The summed E-state index contributed by atoms with van der Waals surface area (Å²) in [5.41, 5.74) is 3.21. The molecule has 0 fully saturated rings. The second-order valence-electron chi connectivity index (χ2n) is 5.16. The molecule has 0 amide bonds. The Labute approximate surface area is 133 Å². The summed E-state index contributed by atoms with van der Waals surface area (Å²) < 4.78 is 10.7. The molecule has 3 aromatic rings. The Balaban J connectivity index is 2.25. The van der Waals surface area contributed by atoms with E-state index in [1.807, 2.05) is 36.4 Å². The summed E-state index contributed by atoms with van der Waals surface area (Å²) >= 11 is 0. The van der Waals surface area contributed by atoms with Gasteiger partial charge in [0, 0.05) is 22.5 Å². The molecule has 5 heteroatoms. The minimum Gasteiger partial charge on any atom is -0.497 e. The van der Waals surface area contributed by atoms with Gasteiger partial charge in [-0.2, -0.15) is 0 Å². The molecule has 0 saturated carbocycles. The number of hydrogen-bond donors (Lipinski definition) is 2. The average Bonchev–Trinajstić information content (AvgIpc) is 2.92. The molecule has 0 unspecified atom stereocenters. The summed E-state index contributed by atoms with van der Waals surface area (Å²) in [7, 11) is 3.17. The van der Waals surface area contributed by atoms with Crippen LogP contribution in [0, 0.1) is 0 Å². The van der Waals surface area contributed by atoms with Crippen LogP contribution in [0.15, 0.2) is 42.5 Å². The Kier molecular flexibility index (Phi) is 3.93. The first-order valence-electron chi connectivity index (χ1n) is 7.17. The van der Waals surface area contributed by atoms with Gasteiger partial charge >= 0.3 is 5.97 Å². The van der Waals surface area contributed by atoms with Gasteiger partial charge < -0.3 is 19.6 Å². The van der Waals surface area contributed by atoms with Crippen molar-refractivity contribution in [3.8, 4) is 22.8 Å². The summed E-state index contributed by atoms with van der Waals surface area (Å²) in [6.07, 6.45) is -0.0610. The summed E-state index contributed by atoms with van der Waals surface area (Å²) in [5.74, 6) is 0.438. The van der Waals surface area contributed by atoms with Crippen LogP contribution in [0.2, 0.25) is 0 Å². The van der Waals surface area contributed by atoms with Crippen LogP contribution in [-0.2, 0) is 11.2 Å². The predicted molar refractivity (Wildman–Crippen MR) is 88.2 cm³/mol. The number of fused-ring (bicyclic) bond motifs is 1. The molecular formula is C18H17NO4. The highest BCUT2D eigenvalue weighted by Gasteiger charge is 2.18. The van der Waals surface area contributed by atoms with Gasteiger partial charge in [0.25, 0.3) is 0 Å².